The Labute approximate surface area is 179 Å². The largest absolute Gasteiger partial charge is 0.490 e. The molecular formula is C22H27F3N2O4. The van der Waals surface area contributed by atoms with E-state index < -0.39 is 17.6 Å². The molecule has 9 heteroatoms. The molecule has 1 amide bonds. The van der Waals surface area contributed by atoms with E-state index in [-0.39, 0.29) is 11.3 Å². The molecule has 0 spiro atoms. The molecule has 0 bridgehead atoms. The number of carbonyl (C=O) groups excluding carboxylic acids is 1. The molecule has 0 saturated heterocycles. The topological polar surface area (TPSA) is 60.0 Å². The first kappa shape index (κ1) is 24.2. The van der Waals surface area contributed by atoms with Crippen LogP contribution in [0.15, 0.2) is 30.3 Å². The summed E-state index contributed by atoms with van der Waals surface area (Å²) < 4.78 is 56.4. The zero-order valence-corrected chi connectivity index (χ0v) is 18.2. The number of hydrogen-bond acceptors (Lipinski definition) is 5. The molecule has 0 aliphatic heterocycles. The van der Waals surface area contributed by atoms with Gasteiger partial charge >= 0.3 is 6.18 Å². The van der Waals surface area contributed by atoms with Crippen LogP contribution in [0.4, 0.5) is 24.5 Å². The first-order chi connectivity index (χ1) is 14.6. The average molecular weight is 440 g/mol. The number of halogens is 3. The fourth-order valence-corrected chi connectivity index (χ4v) is 2.92. The number of rotatable bonds is 9. The minimum absolute atomic E-state index is 0.0367. The molecule has 170 valence electrons. The van der Waals surface area contributed by atoms with E-state index in [1.807, 2.05) is 6.92 Å². The zero-order valence-electron chi connectivity index (χ0n) is 18.2. The van der Waals surface area contributed by atoms with E-state index in [1.165, 1.54) is 18.2 Å². The van der Waals surface area contributed by atoms with E-state index in [4.69, 9.17) is 14.2 Å². The fourth-order valence-electron chi connectivity index (χ4n) is 2.92. The van der Waals surface area contributed by atoms with Crippen LogP contribution >= 0.6 is 0 Å². The quantitative estimate of drug-likeness (QED) is 0.579. The van der Waals surface area contributed by atoms with Crippen LogP contribution in [0.25, 0.3) is 0 Å². The lowest BCUT2D eigenvalue weighted by Gasteiger charge is -2.20. The van der Waals surface area contributed by atoms with Crippen molar-refractivity contribution < 1.29 is 32.2 Å². The minimum atomic E-state index is -4.53. The molecule has 0 aliphatic rings. The molecular weight excluding hydrogens is 413 g/mol. The summed E-state index contributed by atoms with van der Waals surface area (Å²) in [6.07, 6.45) is -4.53. The van der Waals surface area contributed by atoms with Crippen molar-refractivity contribution in [3.63, 3.8) is 0 Å². The molecule has 31 heavy (non-hydrogen) atoms. The van der Waals surface area contributed by atoms with Gasteiger partial charge < -0.3 is 24.4 Å². The van der Waals surface area contributed by atoms with Crippen molar-refractivity contribution in [3.05, 3.63) is 41.5 Å². The Morgan fingerprint density at radius 3 is 1.94 bits per heavy atom. The third-order valence-corrected chi connectivity index (χ3v) is 4.23. The number of amides is 1. The number of anilines is 2. The maximum atomic E-state index is 13.2. The van der Waals surface area contributed by atoms with E-state index >= 15 is 0 Å². The van der Waals surface area contributed by atoms with Gasteiger partial charge in [-0.2, -0.15) is 13.2 Å². The Bertz CT molecular complexity index is 887. The van der Waals surface area contributed by atoms with Gasteiger partial charge in [0.25, 0.3) is 5.91 Å². The highest BCUT2D eigenvalue weighted by atomic mass is 19.4. The first-order valence-corrected chi connectivity index (χ1v) is 9.88. The predicted molar refractivity (Wildman–Crippen MR) is 114 cm³/mol. The first-order valence-electron chi connectivity index (χ1n) is 9.88. The van der Waals surface area contributed by atoms with Crippen molar-refractivity contribution in [1.29, 1.82) is 0 Å². The zero-order chi connectivity index (χ0) is 23.2. The molecule has 0 saturated carbocycles. The van der Waals surface area contributed by atoms with Crippen LogP contribution in [-0.2, 0) is 6.18 Å². The summed E-state index contributed by atoms with van der Waals surface area (Å²) in [7, 11) is 3.35. The van der Waals surface area contributed by atoms with Crippen molar-refractivity contribution >= 4 is 17.3 Å². The van der Waals surface area contributed by atoms with Crippen molar-refractivity contribution in [2.45, 2.75) is 26.9 Å². The van der Waals surface area contributed by atoms with Crippen LogP contribution in [0.2, 0.25) is 0 Å². The van der Waals surface area contributed by atoms with Crippen LogP contribution in [0, 0.1) is 0 Å². The maximum Gasteiger partial charge on any atom is 0.416 e. The number of ether oxygens (including phenoxy) is 3. The van der Waals surface area contributed by atoms with Crippen LogP contribution in [-0.4, -0.2) is 39.8 Å². The minimum Gasteiger partial charge on any atom is -0.490 e. The molecule has 0 radical (unpaired) electrons. The summed E-state index contributed by atoms with van der Waals surface area (Å²) in [4.78, 5) is 14.6. The smallest absolute Gasteiger partial charge is 0.416 e. The SMILES string of the molecule is CCOc1cc(C(=O)Nc2cc(C(F)(F)F)ccc2N(C)C)cc(OCC)c1OCC. The van der Waals surface area contributed by atoms with Gasteiger partial charge in [0.15, 0.2) is 11.5 Å². The van der Waals surface area contributed by atoms with Crippen LogP contribution in [0.1, 0.15) is 36.7 Å². The number of benzene rings is 2. The summed E-state index contributed by atoms with van der Waals surface area (Å²) in [6, 6.07) is 6.16. The molecule has 0 unspecified atom stereocenters. The summed E-state index contributed by atoms with van der Waals surface area (Å²) in [5.41, 5.74) is -0.223. The molecule has 2 aromatic rings. The van der Waals surface area contributed by atoms with E-state index in [1.54, 1.807) is 32.8 Å². The van der Waals surface area contributed by atoms with Gasteiger partial charge in [0.05, 0.1) is 36.8 Å². The number of nitrogens with zero attached hydrogens (tertiary/aromatic N) is 1. The van der Waals surface area contributed by atoms with E-state index in [0.717, 1.165) is 12.1 Å². The fraction of sp³-hybridized carbons (Fsp3) is 0.409. The molecule has 0 atom stereocenters. The third-order valence-electron chi connectivity index (χ3n) is 4.23. The third kappa shape index (κ3) is 5.96. The summed E-state index contributed by atoms with van der Waals surface area (Å²) in [6.45, 7) is 6.40. The Morgan fingerprint density at radius 1 is 0.935 bits per heavy atom. The van der Waals surface area contributed by atoms with E-state index in [9.17, 15) is 18.0 Å². The van der Waals surface area contributed by atoms with Gasteiger partial charge in [0.1, 0.15) is 0 Å². The van der Waals surface area contributed by atoms with Crippen molar-refractivity contribution in [2.24, 2.45) is 0 Å². The normalized spacial score (nSPS) is 11.1. The molecule has 1 N–H and O–H groups in total. The van der Waals surface area contributed by atoms with Gasteiger partial charge in [0, 0.05) is 19.7 Å². The van der Waals surface area contributed by atoms with Crippen molar-refractivity contribution in [3.8, 4) is 17.2 Å². The van der Waals surface area contributed by atoms with Gasteiger partial charge in [-0.15, -0.1) is 0 Å². The van der Waals surface area contributed by atoms with Gasteiger partial charge in [-0.1, -0.05) is 0 Å². The van der Waals surface area contributed by atoms with Gasteiger partial charge in [-0.25, -0.2) is 0 Å². The van der Waals surface area contributed by atoms with Crippen LogP contribution < -0.4 is 24.4 Å². The molecule has 2 aromatic carbocycles. The second kappa shape index (κ2) is 10.3. The molecule has 2 rings (SSSR count). The summed E-state index contributed by atoms with van der Waals surface area (Å²) in [5, 5.41) is 2.58. The number of carbonyl (C=O) groups is 1. The van der Waals surface area contributed by atoms with Gasteiger partial charge in [-0.3, -0.25) is 4.79 Å². The monoisotopic (exact) mass is 440 g/mol. The number of hydrogen-bond donors (Lipinski definition) is 1. The Morgan fingerprint density at radius 2 is 1.48 bits per heavy atom. The summed E-state index contributed by atoms with van der Waals surface area (Å²) in [5.74, 6) is 0.401. The molecule has 0 fully saturated rings. The lowest BCUT2D eigenvalue weighted by molar-refractivity contribution is -0.137. The highest BCUT2D eigenvalue weighted by Gasteiger charge is 2.31. The van der Waals surface area contributed by atoms with Gasteiger partial charge in [-0.05, 0) is 51.1 Å². The highest BCUT2D eigenvalue weighted by molar-refractivity contribution is 6.06. The number of nitrogens with one attached hydrogen (secondary N) is 1. The van der Waals surface area contributed by atoms with Crippen molar-refractivity contribution in [2.75, 3.05) is 44.1 Å². The van der Waals surface area contributed by atoms with Crippen LogP contribution in [0.5, 0.6) is 17.2 Å². The predicted octanol–water partition coefficient (Wildman–Crippen LogP) is 5.22. The lowest BCUT2D eigenvalue weighted by Crippen LogP contribution is -2.18. The second-order valence-corrected chi connectivity index (χ2v) is 6.68. The molecule has 0 aliphatic carbocycles. The second-order valence-electron chi connectivity index (χ2n) is 6.68. The Hall–Kier alpha value is -3.10. The molecule has 0 heterocycles. The average Bonchev–Trinajstić information content (AvgIpc) is 2.69. The molecule has 0 aromatic heterocycles. The highest BCUT2D eigenvalue weighted by Crippen LogP contribution is 2.40. The Kier molecular flexibility index (Phi) is 8.01. The molecule has 6 nitrogen and oxygen atoms in total. The standard InChI is InChI=1S/C22H27F3N2O4/c1-6-29-18-11-14(12-19(30-7-2)20(18)31-8-3)21(28)26-16-13-15(22(23,24)25)9-10-17(16)27(4)5/h9-13H,6-8H2,1-5H3,(H,26,28). The number of alkyl halides is 3. The van der Waals surface area contributed by atoms with Crippen molar-refractivity contribution in [1.82, 2.24) is 0 Å². The Balaban J connectivity index is 2.49. The maximum absolute atomic E-state index is 13.2. The summed E-state index contributed by atoms with van der Waals surface area (Å²) >= 11 is 0. The van der Waals surface area contributed by atoms with E-state index in [2.05, 4.69) is 5.32 Å². The lowest BCUT2D eigenvalue weighted by atomic mass is 10.1. The van der Waals surface area contributed by atoms with Crippen LogP contribution in [0.3, 0.4) is 0 Å². The van der Waals surface area contributed by atoms with Gasteiger partial charge in [0.2, 0.25) is 5.75 Å². The van der Waals surface area contributed by atoms with E-state index in [0.29, 0.717) is 42.8 Å².